The first-order chi connectivity index (χ1) is 12.1. The molecule has 0 spiro atoms. The van der Waals surface area contributed by atoms with Crippen molar-refractivity contribution in [2.24, 2.45) is 0 Å². The van der Waals surface area contributed by atoms with E-state index in [2.05, 4.69) is 5.32 Å². The molecule has 3 N–H and O–H groups in total. The van der Waals surface area contributed by atoms with E-state index in [1.54, 1.807) is 24.3 Å². The van der Waals surface area contributed by atoms with E-state index in [0.717, 1.165) is 17.7 Å². The van der Waals surface area contributed by atoms with Crippen LogP contribution < -0.4 is 10.1 Å². The summed E-state index contributed by atoms with van der Waals surface area (Å²) < 4.78 is 18.7. The third-order valence-corrected chi connectivity index (χ3v) is 3.44. The Morgan fingerprint density at radius 2 is 1.88 bits per heavy atom. The van der Waals surface area contributed by atoms with E-state index in [-0.39, 0.29) is 30.0 Å². The number of aliphatic hydroxyl groups excluding tert-OH is 2. The summed E-state index contributed by atoms with van der Waals surface area (Å²) in [5.74, 6) is -0.949. The van der Waals surface area contributed by atoms with Gasteiger partial charge in [-0.25, -0.2) is 4.39 Å². The molecule has 7 heteroatoms. The van der Waals surface area contributed by atoms with E-state index in [1.807, 2.05) is 6.07 Å². The molecule has 2 aromatic carbocycles. The van der Waals surface area contributed by atoms with Crippen LogP contribution in [0.4, 0.5) is 4.39 Å². The molecule has 0 aliphatic rings. The lowest BCUT2D eigenvalue weighted by atomic mass is 10.1. The van der Waals surface area contributed by atoms with Crippen molar-refractivity contribution in [1.82, 2.24) is 5.32 Å². The van der Waals surface area contributed by atoms with E-state index >= 15 is 0 Å². The van der Waals surface area contributed by atoms with Crippen molar-refractivity contribution in [1.29, 1.82) is 5.26 Å². The molecule has 0 radical (unpaired) electrons. The van der Waals surface area contributed by atoms with Gasteiger partial charge in [0, 0.05) is 17.7 Å². The lowest BCUT2D eigenvalue weighted by Gasteiger charge is -2.14. The SMILES string of the molecule is N#Cc1cccc(CNC(=O)COc2c(CO)cc(F)cc2CO)c1. The molecular formula is C18H17FN2O4. The topological polar surface area (TPSA) is 103 Å². The van der Waals surface area contributed by atoms with Crippen molar-refractivity contribution >= 4 is 5.91 Å². The smallest absolute Gasteiger partial charge is 0.258 e. The second kappa shape index (κ2) is 8.78. The molecule has 0 heterocycles. The fourth-order valence-electron chi connectivity index (χ4n) is 2.27. The monoisotopic (exact) mass is 344 g/mol. The number of carbonyl (C=O) groups excluding carboxylic acids is 1. The quantitative estimate of drug-likeness (QED) is 0.704. The summed E-state index contributed by atoms with van der Waals surface area (Å²) in [4.78, 5) is 11.9. The molecule has 0 atom stereocenters. The molecule has 0 unspecified atom stereocenters. The Kier molecular flexibility index (Phi) is 6.46. The van der Waals surface area contributed by atoms with Gasteiger partial charge in [-0.05, 0) is 29.8 Å². The predicted octanol–water partition coefficient (Wildman–Crippen LogP) is 1.38. The molecule has 6 nitrogen and oxygen atoms in total. The molecule has 2 aromatic rings. The molecule has 0 aliphatic carbocycles. The van der Waals surface area contributed by atoms with Gasteiger partial charge in [0.1, 0.15) is 11.6 Å². The first kappa shape index (κ1) is 18.4. The molecule has 2 rings (SSSR count). The number of carbonyl (C=O) groups is 1. The Labute approximate surface area is 144 Å². The van der Waals surface area contributed by atoms with Crippen molar-refractivity contribution in [2.75, 3.05) is 6.61 Å². The summed E-state index contributed by atoms with van der Waals surface area (Å²) in [7, 11) is 0. The van der Waals surface area contributed by atoms with Gasteiger partial charge in [-0.1, -0.05) is 12.1 Å². The highest BCUT2D eigenvalue weighted by molar-refractivity contribution is 5.77. The molecular weight excluding hydrogens is 327 g/mol. The van der Waals surface area contributed by atoms with Crippen molar-refractivity contribution in [3.63, 3.8) is 0 Å². The highest BCUT2D eigenvalue weighted by Gasteiger charge is 2.13. The maximum absolute atomic E-state index is 13.4. The molecule has 0 aliphatic heterocycles. The van der Waals surface area contributed by atoms with Crippen LogP contribution >= 0.6 is 0 Å². The van der Waals surface area contributed by atoms with Crippen LogP contribution in [-0.2, 0) is 24.6 Å². The summed E-state index contributed by atoms with van der Waals surface area (Å²) in [6.45, 7) is -1.10. The maximum Gasteiger partial charge on any atom is 0.258 e. The largest absolute Gasteiger partial charge is 0.483 e. The average molecular weight is 344 g/mol. The predicted molar refractivity (Wildman–Crippen MR) is 86.7 cm³/mol. The molecule has 0 saturated heterocycles. The van der Waals surface area contributed by atoms with Crippen LogP contribution in [-0.4, -0.2) is 22.7 Å². The first-order valence-electron chi connectivity index (χ1n) is 7.49. The van der Waals surface area contributed by atoms with E-state index in [1.165, 1.54) is 0 Å². The van der Waals surface area contributed by atoms with Crippen molar-refractivity contribution in [2.45, 2.75) is 19.8 Å². The maximum atomic E-state index is 13.4. The number of nitrogens with one attached hydrogen (secondary N) is 1. The third kappa shape index (κ3) is 5.01. The Morgan fingerprint density at radius 3 is 2.48 bits per heavy atom. The minimum absolute atomic E-state index is 0.0908. The Bertz CT molecular complexity index is 777. The number of hydrogen-bond donors (Lipinski definition) is 3. The third-order valence-electron chi connectivity index (χ3n) is 3.44. The summed E-state index contributed by atoms with van der Waals surface area (Å²) >= 11 is 0. The standard InChI is InChI=1S/C18H17FN2O4/c19-16-5-14(9-22)18(15(6-16)10-23)25-11-17(24)21-8-13-3-1-2-12(4-13)7-20/h1-6,22-23H,8-11H2,(H,21,24). The minimum Gasteiger partial charge on any atom is -0.483 e. The molecule has 0 saturated carbocycles. The van der Waals surface area contributed by atoms with E-state index in [9.17, 15) is 19.4 Å². The Hall–Kier alpha value is -2.95. The second-order valence-electron chi connectivity index (χ2n) is 5.25. The van der Waals surface area contributed by atoms with Crippen molar-refractivity contribution in [3.05, 3.63) is 64.5 Å². The van der Waals surface area contributed by atoms with Crippen molar-refractivity contribution < 1.29 is 24.1 Å². The normalized spacial score (nSPS) is 10.2. The highest BCUT2D eigenvalue weighted by Crippen LogP contribution is 2.26. The molecule has 25 heavy (non-hydrogen) atoms. The lowest BCUT2D eigenvalue weighted by molar-refractivity contribution is -0.123. The number of amides is 1. The number of benzene rings is 2. The van der Waals surface area contributed by atoms with E-state index < -0.39 is 24.9 Å². The fourth-order valence-corrected chi connectivity index (χ4v) is 2.27. The highest BCUT2D eigenvalue weighted by atomic mass is 19.1. The summed E-state index contributed by atoms with van der Waals surface area (Å²) in [5, 5.41) is 30.0. The van der Waals surface area contributed by atoms with Crippen molar-refractivity contribution in [3.8, 4) is 11.8 Å². The van der Waals surface area contributed by atoms with Gasteiger partial charge < -0.3 is 20.3 Å². The number of rotatable bonds is 7. The van der Waals surface area contributed by atoms with Gasteiger partial charge in [0.2, 0.25) is 0 Å². The van der Waals surface area contributed by atoms with Gasteiger partial charge in [0.05, 0.1) is 24.8 Å². The van der Waals surface area contributed by atoms with E-state index in [4.69, 9.17) is 10.00 Å². The van der Waals surface area contributed by atoms with Crippen LogP contribution in [0.2, 0.25) is 0 Å². The van der Waals surface area contributed by atoms with Crippen LogP contribution in [0, 0.1) is 17.1 Å². The number of hydrogen-bond acceptors (Lipinski definition) is 5. The summed E-state index contributed by atoms with van der Waals surface area (Å²) in [6.07, 6.45) is 0. The summed E-state index contributed by atoms with van der Waals surface area (Å²) in [6, 6.07) is 11.0. The van der Waals surface area contributed by atoms with Crippen LogP contribution in [0.5, 0.6) is 5.75 Å². The number of halogens is 1. The van der Waals surface area contributed by atoms with Crippen LogP contribution in [0.25, 0.3) is 0 Å². The van der Waals surface area contributed by atoms with Gasteiger partial charge >= 0.3 is 0 Å². The lowest BCUT2D eigenvalue weighted by Crippen LogP contribution is -2.28. The number of nitriles is 1. The van der Waals surface area contributed by atoms with E-state index in [0.29, 0.717) is 5.56 Å². The fraction of sp³-hybridized carbons (Fsp3) is 0.222. The summed E-state index contributed by atoms with van der Waals surface area (Å²) in [5.41, 5.74) is 1.56. The number of ether oxygens (including phenoxy) is 1. The van der Waals surface area contributed by atoms with Gasteiger partial charge in [-0.15, -0.1) is 0 Å². The minimum atomic E-state index is -0.609. The van der Waals surface area contributed by atoms with Gasteiger partial charge in [0.15, 0.2) is 6.61 Å². The van der Waals surface area contributed by atoms with Gasteiger partial charge in [-0.2, -0.15) is 5.26 Å². The van der Waals surface area contributed by atoms with Gasteiger partial charge in [-0.3, -0.25) is 4.79 Å². The molecule has 1 amide bonds. The first-order valence-corrected chi connectivity index (χ1v) is 7.49. The zero-order valence-corrected chi connectivity index (χ0v) is 13.3. The molecule has 0 fully saturated rings. The second-order valence-corrected chi connectivity index (χ2v) is 5.25. The zero-order valence-electron chi connectivity index (χ0n) is 13.3. The Morgan fingerprint density at radius 1 is 1.20 bits per heavy atom. The molecule has 0 aromatic heterocycles. The number of nitrogens with zero attached hydrogens (tertiary/aromatic N) is 1. The Balaban J connectivity index is 1.97. The zero-order chi connectivity index (χ0) is 18.2. The average Bonchev–Trinajstić information content (AvgIpc) is 2.64. The molecule has 0 bridgehead atoms. The van der Waals surface area contributed by atoms with Gasteiger partial charge in [0.25, 0.3) is 5.91 Å². The number of aliphatic hydroxyl groups is 2. The van der Waals surface area contributed by atoms with Crippen LogP contribution in [0.1, 0.15) is 22.3 Å². The molecule has 130 valence electrons. The van der Waals surface area contributed by atoms with Crippen LogP contribution in [0.3, 0.4) is 0 Å². The van der Waals surface area contributed by atoms with Crippen LogP contribution in [0.15, 0.2) is 36.4 Å².